The lowest BCUT2D eigenvalue weighted by molar-refractivity contribution is 0.210. The van der Waals surface area contributed by atoms with Gasteiger partial charge in [0, 0.05) is 0 Å². The number of rotatable bonds is 7. The number of hydrogen-bond acceptors (Lipinski definition) is 2. The summed E-state index contributed by atoms with van der Waals surface area (Å²) >= 11 is 0. The van der Waals surface area contributed by atoms with Crippen LogP contribution in [0.4, 0.5) is 0 Å². The highest BCUT2D eigenvalue weighted by molar-refractivity contribution is 6.74. The molecule has 0 aliphatic heterocycles. The van der Waals surface area contributed by atoms with Crippen molar-refractivity contribution in [3.63, 3.8) is 0 Å². The topological polar surface area (TPSA) is 29.5 Å². The van der Waals surface area contributed by atoms with Crippen LogP contribution in [-0.4, -0.2) is 26.1 Å². The molecule has 0 saturated heterocycles. The van der Waals surface area contributed by atoms with E-state index in [0.29, 0.717) is 0 Å². The van der Waals surface area contributed by atoms with Gasteiger partial charge in [0.1, 0.15) is 0 Å². The zero-order valence-electron chi connectivity index (χ0n) is 12.4. The molecule has 17 heavy (non-hydrogen) atoms. The van der Waals surface area contributed by atoms with Crippen molar-refractivity contribution in [2.75, 3.05) is 6.61 Å². The van der Waals surface area contributed by atoms with Gasteiger partial charge in [-0.25, -0.2) is 0 Å². The third-order valence-electron chi connectivity index (χ3n) is 3.55. The second-order valence-corrected chi connectivity index (χ2v) is 10.9. The molecule has 0 radical (unpaired) electrons. The average molecular weight is 258 g/mol. The number of aliphatic hydroxyl groups excluding tert-OH is 1. The van der Waals surface area contributed by atoms with Gasteiger partial charge in [-0.1, -0.05) is 52.7 Å². The third kappa shape index (κ3) is 6.39. The fraction of sp³-hybridized carbons (Fsp3) is 0.857. The summed E-state index contributed by atoms with van der Waals surface area (Å²) in [5.74, 6) is 0. The fourth-order valence-corrected chi connectivity index (χ4v) is 2.67. The van der Waals surface area contributed by atoms with E-state index in [1.54, 1.807) is 6.08 Å². The molecule has 1 unspecified atom stereocenters. The minimum Gasteiger partial charge on any atom is -0.411 e. The monoisotopic (exact) mass is 258 g/mol. The molecule has 2 nitrogen and oxygen atoms in total. The maximum absolute atomic E-state index is 8.87. The molecule has 0 aliphatic rings. The fourth-order valence-electron chi connectivity index (χ4n) is 1.37. The van der Waals surface area contributed by atoms with Crippen LogP contribution < -0.4 is 0 Å². The van der Waals surface area contributed by atoms with Crippen molar-refractivity contribution in [2.24, 2.45) is 0 Å². The molecule has 0 spiro atoms. The molecule has 0 rings (SSSR count). The van der Waals surface area contributed by atoms with Crippen LogP contribution in [0.25, 0.3) is 0 Å². The van der Waals surface area contributed by atoms with Crippen LogP contribution in [0, 0.1) is 0 Å². The van der Waals surface area contributed by atoms with Crippen LogP contribution in [0.15, 0.2) is 12.2 Å². The predicted molar refractivity (Wildman–Crippen MR) is 77.8 cm³/mol. The Bertz CT molecular complexity index is 229. The highest BCUT2D eigenvalue weighted by Gasteiger charge is 2.38. The van der Waals surface area contributed by atoms with Gasteiger partial charge in [0.25, 0.3) is 0 Å². The van der Waals surface area contributed by atoms with Gasteiger partial charge in [0.05, 0.1) is 12.7 Å². The second kappa shape index (κ2) is 7.34. The first kappa shape index (κ1) is 16.9. The van der Waals surface area contributed by atoms with Gasteiger partial charge >= 0.3 is 0 Å². The summed E-state index contributed by atoms with van der Waals surface area (Å²) in [5, 5.41) is 9.11. The molecule has 1 N–H and O–H groups in total. The zero-order chi connectivity index (χ0) is 13.5. The van der Waals surface area contributed by atoms with Crippen molar-refractivity contribution in [2.45, 2.75) is 71.2 Å². The van der Waals surface area contributed by atoms with Crippen molar-refractivity contribution in [3.05, 3.63) is 12.2 Å². The molecule has 0 aromatic carbocycles. The third-order valence-corrected chi connectivity index (χ3v) is 8.05. The average Bonchev–Trinajstić information content (AvgIpc) is 2.20. The normalized spacial score (nSPS) is 15.5. The van der Waals surface area contributed by atoms with Gasteiger partial charge in [-0.15, -0.1) is 0 Å². The molecule has 0 bridgehead atoms. The Morgan fingerprint density at radius 2 is 1.88 bits per heavy atom. The molecule has 0 aliphatic carbocycles. The number of aliphatic hydroxyl groups is 1. The predicted octanol–water partition coefficient (Wildman–Crippen LogP) is 4.12. The van der Waals surface area contributed by atoms with Gasteiger partial charge in [-0.3, -0.25) is 0 Å². The Kier molecular flexibility index (Phi) is 7.29. The van der Waals surface area contributed by atoms with E-state index in [9.17, 15) is 0 Å². The van der Waals surface area contributed by atoms with Crippen molar-refractivity contribution in [1.82, 2.24) is 0 Å². The minimum absolute atomic E-state index is 0.101. The quantitative estimate of drug-likeness (QED) is 0.550. The standard InChI is InChI=1S/C14H30O2Si/c1-7-8-10-13(11-9-12-15)16-17(5,6)14(2,3)4/h9,11,13,15H,7-8,10,12H2,1-6H3. The van der Waals surface area contributed by atoms with Crippen LogP contribution in [-0.2, 0) is 4.43 Å². The molecule has 0 aromatic heterocycles. The zero-order valence-corrected chi connectivity index (χ0v) is 13.4. The van der Waals surface area contributed by atoms with Crippen molar-refractivity contribution < 1.29 is 9.53 Å². The maximum atomic E-state index is 8.87. The summed E-state index contributed by atoms with van der Waals surface area (Å²) in [4.78, 5) is 0. The number of hydrogen-bond donors (Lipinski definition) is 1. The van der Waals surface area contributed by atoms with E-state index in [1.807, 2.05) is 6.08 Å². The highest BCUT2D eigenvalue weighted by atomic mass is 28.4. The lowest BCUT2D eigenvalue weighted by Crippen LogP contribution is -2.43. The molecule has 0 aromatic rings. The molecule has 0 amide bonds. The van der Waals surface area contributed by atoms with E-state index in [2.05, 4.69) is 40.8 Å². The van der Waals surface area contributed by atoms with Crippen LogP contribution >= 0.6 is 0 Å². The first-order valence-electron chi connectivity index (χ1n) is 6.70. The molecule has 0 heterocycles. The van der Waals surface area contributed by atoms with Gasteiger partial charge in [-0.05, 0) is 24.6 Å². The van der Waals surface area contributed by atoms with Gasteiger partial charge in [0.15, 0.2) is 8.32 Å². The van der Waals surface area contributed by atoms with Gasteiger partial charge in [-0.2, -0.15) is 0 Å². The van der Waals surface area contributed by atoms with Gasteiger partial charge < -0.3 is 9.53 Å². The Morgan fingerprint density at radius 3 is 2.29 bits per heavy atom. The summed E-state index contributed by atoms with van der Waals surface area (Å²) in [6, 6.07) is 0. The SMILES string of the molecule is CCCCC(C=CCO)O[Si](C)(C)C(C)(C)C. The first-order chi connectivity index (χ1) is 7.74. The smallest absolute Gasteiger partial charge is 0.192 e. The summed E-state index contributed by atoms with van der Waals surface area (Å²) < 4.78 is 6.35. The van der Waals surface area contributed by atoms with Crippen LogP contribution in [0.1, 0.15) is 47.0 Å². The van der Waals surface area contributed by atoms with Crippen molar-refractivity contribution in [1.29, 1.82) is 0 Å². The molecule has 102 valence electrons. The molecular formula is C14H30O2Si. The molecule has 0 saturated carbocycles. The summed E-state index contributed by atoms with van der Waals surface area (Å²) in [5.41, 5.74) is 0. The van der Waals surface area contributed by atoms with Crippen molar-refractivity contribution >= 4 is 8.32 Å². The molecular weight excluding hydrogens is 228 g/mol. The summed E-state index contributed by atoms with van der Waals surface area (Å²) in [6.45, 7) is 13.6. The lowest BCUT2D eigenvalue weighted by atomic mass is 10.1. The number of unbranched alkanes of at least 4 members (excludes halogenated alkanes) is 1. The van der Waals surface area contributed by atoms with E-state index >= 15 is 0 Å². The highest BCUT2D eigenvalue weighted by Crippen LogP contribution is 2.37. The molecule has 1 atom stereocenters. The first-order valence-corrected chi connectivity index (χ1v) is 9.60. The Balaban J connectivity index is 4.56. The van der Waals surface area contributed by atoms with Crippen LogP contribution in [0.5, 0.6) is 0 Å². The maximum Gasteiger partial charge on any atom is 0.192 e. The van der Waals surface area contributed by atoms with Crippen LogP contribution in [0.3, 0.4) is 0 Å². The van der Waals surface area contributed by atoms with E-state index in [1.165, 1.54) is 12.8 Å². The Hall–Kier alpha value is -0.123. The molecule has 3 heteroatoms. The van der Waals surface area contributed by atoms with E-state index in [4.69, 9.17) is 9.53 Å². The molecule has 0 fully saturated rings. The lowest BCUT2D eigenvalue weighted by Gasteiger charge is -2.38. The van der Waals surface area contributed by atoms with Crippen molar-refractivity contribution in [3.8, 4) is 0 Å². The summed E-state index contributed by atoms with van der Waals surface area (Å²) in [6.07, 6.45) is 7.41. The summed E-state index contributed by atoms with van der Waals surface area (Å²) in [7, 11) is -1.70. The minimum atomic E-state index is -1.70. The van der Waals surface area contributed by atoms with Crippen LogP contribution in [0.2, 0.25) is 18.1 Å². The Morgan fingerprint density at radius 1 is 1.29 bits per heavy atom. The van der Waals surface area contributed by atoms with E-state index in [-0.39, 0.29) is 17.7 Å². The Labute approximate surface area is 108 Å². The van der Waals surface area contributed by atoms with Gasteiger partial charge in [0.2, 0.25) is 0 Å². The largest absolute Gasteiger partial charge is 0.411 e. The second-order valence-electron chi connectivity index (χ2n) is 6.17. The van der Waals surface area contributed by atoms with E-state index < -0.39 is 8.32 Å². The van der Waals surface area contributed by atoms with E-state index in [0.717, 1.165) is 6.42 Å².